The highest BCUT2D eigenvalue weighted by molar-refractivity contribution is 9.10. The van der Waals surface area contributed by atoms with Crippen LogP contribution < -0.4 is 5.23 Å². The first-order chi connectivity index (χ1) is 8.54. The van der Waals surface area contributed by atoms with Gasteiger partial charge in [-0.1, -0.05) is 0 Å². The molecule has 0 saturated carbocycles. The van der Waals surface area contributed by atoms with Crippen LogP contribution >= 0.6 is 15.9 Å². The summed E-state index contributed by atoms with van der Waals surface area (Å²) in [6.45, 7) is 8.88. The summed E-state index contributed by atoms with van der Waals surface area (Å²) >= 11 is 3.20. The Balaban J connectivity index is 2.45. The number of hydrogen-bond acceptors (Lipinski definition) is 3. The number of fused-ring (bicyclic) bond motifs is 1. The van der Waals surface area contributed by atoms with Gasteiger partial charge in [0, 0.05) is 5.56 Å². The lowest BCUT2D eigenvalue weighted by molar-refractivity contribution is 0.0773. The van der Waals surface area contributed by atoms with E-state index in [9.17, 15) is 9.41 Å². The second kappa shape index (κ2) is 5.27. The van der Waals surface area contributed by atoms with Gasteiger partial charge in [-0.2, -0.15) is 0 Å². The molecule has 0 spiro atoms. The van der Waals surface area contributed by atoms with Crippen LogP contribution in [0.4, 0.5) is 10.1 Å². The van der Waals surface area contributed by atoms with E-state index in [1.807, 2.05) is 0 Å². The number of halogens is 2. The van der Waals surface area contributed by atoms with Crippen molar-refractivity contribution in [1.82, 2.24) is 0 Å². The van der Waals surface area contributed by atoms with E-state index in [0.717, 1.165) is 11.1 Å². The van der Waals surface area contributed by atoms with Gasteiger partial charge < -0.3 is 19.8 Å². The molecule has 1 aromatic rings. The third-order valence-electron chi connectivity index (χ3n) is 2.74. The molecular weight excluding hydrogens is 302 g/mol. The molecule has 4 nitrogen and oxygen atoms in total. The molecule has 1 aliphatic rings. The van der Waals surface area contributed by atoms with Gasteiger partial charge >= 0.3 is 7.05 Å². The van der Waals surface area contributed by atoms with Crippen molar-refractivity contribution in [3.8, 4) is 0 Å². The number of hydrogen-bond donors (Lipinski definition) is 2. The van der Waals surface area contributed by atoms with Gasteiger partial charge in [-0.05, 0) is 34.4 Å². The number of ether oxygens (including phenoxy) is 1. The Bertz CT molecular complexity index is 519. The number of anilines is 1. The van der Waals surface area contributed by atoms with Gasteiger partial charge in [-0.25, -0.2) is 11.0 Å². The van der Waals surface area contributed by atoms with E-state index in [4.69, 9.17) is 11.3 Å². The van der Waals surface area contributed by atoms with Crippen molar-refractivity contribution in [2.45, 2.75) is 19.5 Å². The number of benzene rings is 1. The van der Waals surface area contributed by atoms with Crippen LogP contribution in [0.3, 0.4) is 0 Å². The van der Waals surface area contributed by atoms with E-state index < -0.39 is 12.9 Å². The molecule has 1 aromatic carbocycles. The molecule has 2 rings (SSSR count). The molecule has 0 bridgehead atoms. The highest BCUT2D eigenvalue weighted by Gasteiger charge is 2.30. The van der Waals surface area contributed by atoms with E-state index in [0.29, 0.717) is 11.1 Å². The molecule has 1 aliphatic heterocycles. The maximum absolute atomic E-state index is 14.0. The maximum Gasteiger partial charge on any atom is 0.406 e. The average molecular weight is 313 g/mol. The average Bonchev–Trinajstić information content (AvgIpc) is 2.69. The van der Waals surface area contributed by atoms with Crippen molar-refractivity contribution in [3.63, 3.8) is 0 Å². The molecule has 0 amide bonds. The predicted molar refractivity (Wildman–Crippen MR) is 70.6 cm³/mol. The van der Waals surface area contributed by atoms with Crippen molar-refractivity contribution >= 4 is 28.7 Å². The van der Waals surface area contributed by atoms with Gasteiger partial charge in [0.2, 0.25) is 6.54 Å². The summed E-state index contributed by atoms with van der Waals surface area (Å²) in [6, 6.07) is 1.60. The van der Waals surface area contributed by atoms with E-state index in [2.05, 4.69) is 26.0 Å². The molecular formula is C11H11BBrFN2O2. The summed E-state index contributed by atoms with van der Waals surface area (Å²) in [5, 5.41) is 11.9. The minimum Gasteiger partial charge on any atom is -0.433 e. The van der Waals surface area contributed by atoms with Crippen molar-refractivity contribution in [2.24, 2.45) is 0 Å². The first-order valence-electron chi connectivity index (χ1n) is 5.44. The fourth-order valence-electron chi connectivity index (χ4n) is 1.96. The Morgan fingerprint density at radius 1 is 1.78 bits per heavy atom. The lowest BCUT2D eigenvalue weighted by Crippen LogP contribution is -2.20. The quantitative estimate of drug-likeness (QED) is 0.666. The Kier molecular flexibility index (Phi) is 3.90. The fraction of sp³-hybridized carbons (Fsp3) is 0.364. The van der Waals surface area contributed by atoms with Crippen molar-refractivity contribution in [2.75, 3.05) is 11.8 Å². The Labute approximate surface area is 113 Å². The zero-order valence-electron chi connectivity index (χ0n) is 9.70. The molecule has 0 aromatic heterocycles. The molecule has 0 saturated heterocycles. The molecule has 0 fully saturated rings. The molecule has 1 heterocycles. The molecule has 0 aliphatic carbocycles. The summed E-state index contributed by atoms with van der Waals surface area (Å²) in [5.41, 5.74) is 1.73. The van der Waals surface area contributed by atoms with Gasteiger partial charge in [-0.15, -0.1) is 0 Å². The Hall–Kier alpha value is -1.10. The summed E-state index contributed by atoms with van der Waals surface area (Å²) in [4.78, 5) is 3.31. The van der Waals surface area contributed by atoms with Crippen molar-refractivity contribution in [1.29, 1.82) is 0 Å². The minimum atomic E-state index is -0.855. The normalized spacial score (nSPS) is 17.2. The van der Waals surface area contributed by atoms with Crippen molar-refractivity contribution in [3.05, 3.63) is 38.9 Å². The van der Waals surface area contributed by atoms with Gasteiger partial charge in [0.25, 0.3) is 0 Å². The molecule has 1 atom stereocenters. The van der Waals surface area contributed by atoms with Gasteiger partial charge in [-0.3, -0.25) is 0 Å². The van der Waals surface area contributed by atoms with Gasteiger partial charge in [0.05, 0.1) is 16.8 Å². The van der Waals surface area contributed by atoms with Crippen LogP contribution in [-0.4, -0.2) is 18.6 Å². The summed E-state index contributed by atoms with van der Waals surface area (Å²) < 4.78 is 19.8. The maximum atomic E-state index is 14.0. The van der Waals surface area contributed by atoms with E-state index in [1.54, 1.807) is 6.07 Å². The molecule has 18 heavy (non-hydrogen) atoms. The van der Waals surface area contributed by atoms with E-state index in [-0.39, 0.29) is 18.3 Å². The fourth-order valence-corrected chi connectivity index (χ4v) is 2.51. The molecule has 7 heteroatoms. The zero-order chi connectivity index (χ0) is 13.3. The van der Waals surface area contributed by atoms with Crippen LogP contribution in [0.1, 0.15) is 17.2 Å². The third-order valence-corrected chi connectivity index (χ3v) is 3.57. The largest absolute Gasteiger partial charge is 0.433 e. The number of rotatable bonds is 3. The zero-order valence-corrected chi connectivity index (χ0v) is 11.3. The minimum absolute atomic E-state index is 0.205. The lowest BCUT2D eigenvalue weighted by atomic mass is 9.88. The number of nitrogens with one attached hydrogen (secondary N) is 1. The SMILES string of the molecule is [C-]#[N+]CC1OCc2c1cc(NB(C)O)c(F)c2Br. The standard InChI is InChI=1S/C11H11BBrFN2O2/c1-12(17)16-8-3-6-7(10(13)11(8)14)5-18-9(6)4-15-2/h3,9,16-17H,4-5H2,1H3. The summed E-state index contributed by atoms with van der Waals surface area (Å²) in [6.07, 6.45) is -0.330. The van der Waals surface area contributed by atoms with Crippen LogP contribution in [0.15, 0.2) is 10.5 Å². The van der Waals surface area contributed by atoms with Crippen LogP contribution in [0, 0.1) is 12.4 Å². The van der Waals surface area contributed by atoms with E-state index >= 15 is 0 Å². The first kappa shape index (κ1) is 13.3. The van der Waals surface area contributed by atoms with Gasteiger partial charge in [0.1, 0.15) is 0 Å². The second-order valence-corrected chi connectivity index (χ2v) is 4.87. The van der Waals surface area contributed by atoms with E-state index in [1.165, 1.54) is 6.82 Å². The molecule has 0 radical (unpaired) electrons. The lowest BCUT2D eigenvalue weighted by Gasteiger charge is -2.12. The third kappa shape index (κ3) is 2.37. The molecule has 2 N–H and O–H groups in total. The number of nitrogens with zero attached hydrogens (tertiary/aromatic N) is 1. The van der Waals surface area contributed by atoms with Crippen LogP contribution in [0.5, 0.6) is 0 Å². The predicted octanol–water partition coefficient (Wildman–Crippen LogP) is 2.60. The van der Waals surface area contributed by atoms with Crippen LogP contribution in [0.2, 0.25) is 6.82 Å². The van der Waals surface area contributed by atoms with Crippen LogP contribution in [-0.2, 0) is 11.3 Å². The summed E-state index contributed by atoms with van der Waals surface area (Å²) in [7, 11) is -0.855. The van der Waals surface area contributed by atoms with Crippen LogP contribution in [0.25, 0.3) is 4.85 Å². The second-order valence-electron chi connectivity index (χ2n) is 4.08. The molecule has 1 unspecified atom stereocenters. The summed E-state index contributed by atoms with van der Waals surface area (Å²) in [5.74, 6) is -0.457. The molecule has 94 valence electrons. The highest BCUT2D eigenvalue weighted by atomic mass is 79.9. The van der Waals surface area contributed by atoms with Gasteiger partial charge in [0.15, 0.2) is 11.9 Å². The highest BCUT2D eigenvalue weighted by Crippen LogP contribution is 2.40. The Morgan fingerprint density at radius 2 is 2.50 bits per heavy atom. The monoisotopic (exact) mass is 312 g/mol. The Morgan fingerprint density at radius 3 is 3.11 bits per heavy atom. The first-order valence-corrected chi connectivity index (χ1v) is 6.24. The topological polar surface area (TPSA) is 45.8 Å². The van der Waals surface area contributed by atoms with Crippen molar-refractivity contribution < 1.29 is 14.2 Å². The smallest absolute Gasteiger partial charge is 0.406 e.